The molecule has 3 nitrogen and oxygen atoms in total. The standard InChI is InChI=1S/C19H27ClFNO2.ClH/c1-5-6-17(18(23)24-19(2,3)4)22-14-8-7-12-9-13(21)10-16(20)15(12)11-14;/h9-10,14,17,22H,5-8,11H2,1-4H3;1H. The van der Waals surface area contributed by atoms with Gasteiger partial charge in [-0.25, -0.2) is 4.39 Å². The van der Waals surface area contributed by atoms with Crippen molar-refractivity contribution in [2.24, 2.45) is 0 Å². The van der Waals surface area contributed by atoms with E-state index >= 15 is 0 Å². The van der Waals surface area contributed by atoms with Crippen LogP contribution in [0.5, 0.6) is 0 Å². The summed E-state index contributed by atoms with van der Waals surface area (Å²) in [5, 5.41) is 3.91. The van der Waals surface area contributed by atoms with Gasteiger partial charge in [0.1, 0.15) is 17.5 Å². The van der Waals surface area contributed by atoms with Crippen LogP contribution in [-0.2, 0) is 22.4 Å². The number of benzene rings is 1. The van der Waals surface area contributed by atoms with Crippen LogP contribution in [0.15, 0.2) is 12.1 Å². The van der Waals surface area contributed by atoms with Crippen LogP contribution in [-0.4, -0.2) is 23.7 Å². The maximum Gasteiger partial charge on any atom is 0.323 e. The lowest BCUT2D eigenvalue weighted by Gasteiger charge is -2.31. The Morgan fingerprint density at radius 2 is 2.12 bits per heavy atom. The third-order valence-electron chi connectivity index (χ3n) is 4.17. The molecule has 0 bridgehead atoms. The maximum atomic E-state index is 13.5. The lowest BCUT2D eigenvalue weighted by atomic mass is 9.87. The van der Waals surface area contributed by atoms with E-state index in [1.54, 1.807) is 6.07 Å². The van der Waals surface area contributed by atoms with Gasteiger partial charge in [0.25, 0.3) is 0 Å². The van der Waals surface area contributed by atoms with Gasteiger partial charge in [-0.05, 0) is 69.7 Å². The van der Waals surface area contributed by atoms with E-state index < -0.39 is 5.60 Å². The van der Waals surface area contributed by atoms with E-state index in [0.717, 1.165) is 36.8 Å². The molecule has 142 valence electrons. The van der Waals surface area contributed by atoms with Crippen LogP contribution in [0.2, 0.25) is 5.02 Å². The Bertz CT molecular complexity index is 602. The highest BCUT2D eigenvalue weighted by molar-refractivity contribution is 6.31. The van der Waals surface area contributed by atoms with Gasteiger partial charge in [0.15, 0.2) is 0 Å². The minimum Gasteiger partial charge on any atom is -0.459 e. The zero-order valence-corrected chi connectivity index (χ0v) is 16.9. The van der Waals surface area contributed by atoms with Crippen LogP contribution in [0.3, 0.4) is 0 Å². The highest BCUT2D eigenvalue weighted by atomic mass is 35.5. The molecule has 0 aliphatic heterocycles. The van der Waals surface area contributed by atoms with E-state index in [0.29, 0.717) is 11.4 Å². The van der Waals surface area contributed by atoms with Gasteiger partial charge >= 0.3 is 5.97 Å². The van der Waals surface area contributed by atoms with Crippen molar-refractivity contribution >= 4 is 30.0 Å². The Kier molecular flexibility index (Phi) is 8.17. The number of nitrogens with one attached hydrogen (secondary N) is 1. The quantitative estimate of drug-likeness (QED) is 0.728. The zero-order valence-electron chi connectivity index (χ0n) is 15.3. The lowest BCUT2D eigenvalue weighted by Crippen LogP contribution is -2.47. The third kappa shape index (κ3) is 6.43. The van der Waals surface area contributed by atoms with E-state index in [2.05, 4.69) is 12.2 Å². The SMILES string of the molecule is CCCC(NC1CCc2cc(F)cc(Cl)c2C1)C(=O)OC(C)(C)C.Cl. The molecular weight excluding hydrogens is 364 g/mol. The predicted molar refractivity (Wildman–Crippen MR) is 102 cm³/mol. The van der Waals surface area contributed by atoms with Crippen molar-refractivity contribution in [1.29, 1.82) is 0 Å². The maximum absolute atomic E-state index is 13.5. The molecule has 1 aromatic rings. The van der Waals surface area contributed by atoms with Crippen molar-refractivity contribution in [3.63, 3.8) is 0 Å². The van der Waals surface area contributed by atoms with E-state index in [1.165, 1.54) is 6.07 Å². The summed E-state index contributed by atoms with van der Waals surface area (Å²) >= 11 is 6.20. The first-order chi connectivity index (χ1) is 11.2. The molecule has 1 aliphatic rings. The Labute approximate surface area is 161 Å². The van der Waals surface area contributed by atoms with Crippen LogP contribution >= 0.6 is 24.0 Å². The number of hydrogen-bond donors (Lipinski definition) is 1. The summed E-state index contributed by atoms with van der Waals surface area (Å²) in [5.74, 6) is -0.497. The van der Waals surface area contributed by atoms with Crippen LogP contribution in [0.4, 0.5) is 4.39 Å². The summed E-state index contributed by atoms with van der Waals surface area (Å²) < 4.78 is 19.0. The zero-order chi connectivity index (χ0) is 17.9. The number of halogens is 3. The number of aryl methyl sites for hydroxylation is 1. The first-order valence-corrected chi connectivity index (χ1v) is 9.03. The van der Waals surface area contributed by atoms with Gasteiger partial charge in [0.2, 0.25) is 0 Å². The van der Waals surface area contributed by atoms with Crippen molar-refractivity contribution < 1.29 is 13.9 Å². The van der Waals surface area contributed by atoms with Gasteiger partial charge in [0, 0.05) is 11.1 Å². The molecule has 1 aliphatic carbocycles. The molecule has 0 aromatic heterocycles. The summed E-state index contributed by atoms with van der Waals surface area (Å²) in [6.45, 7) is 7.67. The van der Waals surface area contributed by atoms with Crippen LogP contribution in [0.25, 0.3) is 0 Å². The van der Waals surface area contributed by atoms with Crippen LogP contribution in [0, 0.1) is 5.82 Å². The van der Waals surface area contributed by atoms with E-state index in [4.69, 9.17) is 16.3 Å². The fourth-order valence-electron chi connectivity index (χ4n) is 3.14. The summed E-state index contributed by atoms with van der Waals surface area (Å²) in [6, 6.07) is 2.75. The van der Waals surface area contributed by atoms with E-state index in [1.807, 2.05) is 20.8 Å². The second kappa shape index (κ2) is 9.20. The molecule has 0 heterocycles. The molecule has 0 fully saturated rings. The fraction of sp³-hybridized carbons (Fsp3) is 0.632. The van der Waals surface area contributed by atoms with E-state index in [-0.39, 0.29) is 36.3 Å². The topological polar surface area (TPSA) is 38.3 Å². The lowest BCUT2D eigenvalue weighted by molar-refractivity contribution is -0.158. The van der Waals surface area contributed by atoms with Crippen molar-refractivity contribution in [1.82, 2.24) is 5.32 Å². The number of hydrogen-bond acceptors (Lipinski definition) is 3. The Morgan fingerprint density at radius 1 is 1.44 bits per heavy atom. The molecule has 6 heteroatoms. The number of rotatable bonds is 5. The molecule has 0 radical (unpaired) electrons. The first kappa shape index (κ1) is 22.2. The average molecular weight is 392 g/mol. The van der Waals surface area contributed by atoms with Gasteiger partial charge in [0.05, 0.1) is 0 Å². The molecule has 1 N–H and O–H groups in total. The van der Waals surface area contributed by atoms with E-state index in [9.17, 15) is 9.18 Å². The van der Waals surface area contributed by atoms with Gasteiger partial charge < -0.3 is 10.1 Å². The highest BCUT2D eigenvalue weighted by Crippen LogP contribution is 2.29. The molecule has 0 saturated carbocycles. The number of ether oxygens (including phenoxy) is 1. The minimum atomic E-state index is -0.495. The normalized spacial score (nSPS) is 18.1. The monoisotopic (exact) mass is 391 g/mol. The summed E-state index contributed by atoms with van der Waals surface area (Å²) in [4.78, 5) is 12.4. The molecule has 25 heavy (non-hydrogen) atoms. The molecule has 1 aromatic carbocycles. The molecule has 0 saturated heterocycles. The Hall–Kier alpha value is -0.840. The van der Waals surface area contributed by atoms with Gasteiger partial charge in [-0.2, -0.15) is 0 Å². The molecule has 0 spiro atoms. The van der Waals surface area contributed by atoms with Crippen molar-refractivity contribution in [3.05, 3.63) is 34.1 Å². The smallest absolute Gasteiger partial charge is 0.323 e. The fourth-order valence-corrected chi connectivity index (χ4v) is 3.45. The largest absolute Gasteiger partial charge is 0.459 e. The van der Waals surface area contributed by atoms with Gasteiger partial charge in [-0.15, -0.1) is 12.4 Å². The molecule has 2 unspecified atom stereocenters. The molecule has 0 amide bonds. The number of carbonyl (C=O) groups is 1. The van der Waals surface area contributed by atoms with Crippen molar-refractivity contribution in [3.8, 4) is 0 Å². The number of fused-ring (bicyclic) bond motifs is 1. The molecule has 2 atom stereocenters. The predicted octanol–water partition coefficient (Wildman–Crippen LogP) is 4.86. The Morgan fingerprint density at radius 3 is 2.72 bits per heavy atom. The van der Waals surface area contributed by atoms with Crippen LogP contribution in [0.1, 0.15) is 58.1 Å². The summed E-state index contributed by atoms with van der Waals surface area (Å²) in [5.41, 5.74) is 1.47. The third-order valence-corrected chi connectivity index (χ3v) is 4.51. The first-order valence-electron chi connectivity index (χ1n) is 8.65. The average Bonchev–Trinajstić information content (AvgIpc) is 2.45. The summed E-state index contributed by atoms with van der Waals surface area (Å²) in [7, 11) is 0. The minimum absolute atomic E-state index is 0. The molecular formula is C19H28Cl2FNO2. The van der Waals surface area contributed by atoms with Crippen LogP contribution < -0.4 is 5.32 Å². The van der Waals surface area contributed by atoms with Gasteiger partial charge in [-0.3, -0.25) is 4.79 Å². The second-order valence-corrected chi connectivity index (χ2v) is 7.91. The number of esters is 1. The van der Waals surface area contributed by atoms with Crippen molar-refractivity contribution in [2.45, 2.75) is 77.5 Å². The Balaban J connectivity index is 0.00000312. The number of carbonyl (C=O) groups excluding carboxylic acids is 1. The molecule has 2 rings (SSSR count). The highest BCUT2D eigenvalue weighted by Gasteiger charge is 2.29. The second-order valence-electron chi connectivity index (χ2n) is 7.51. The van der Waals surface area contributed by atoms with Gasteiger partial charge in [-0.1, -0.05) is 24.9 Å². The summed E-state index contributed by atoms with van der Waals surface area (Å²) in [6.07, 6.45) is 3.95. The van der Waals surface area contributed by atoms with Crippen molar-refractivity contribution in [2.75, 3.05) is 0 Å².